The normalized spacial score (nSPS) is 39.8. The molecule has 1 saturated carbocycles. The lowest BCUT2D eigenvalue weighted by Crippen LogP contribution is -2.34. The lowest BCUT2D eigenvalue weighted by Gasteiger charge is -2.21. The Bertz CT molecular complexity index is 213. The van der Waals surface area contributed by atoms with Gasteiger partial charge in [0, 0.05) is 6.04 Å². The van der Waals surface area contributed by atoms with Gasteiger partial charge in [-0.3, -0.25) is 0 Å². The van der Waals surface area contributed by atoms with E-state index in [2.05, 4.69) is 31.4 Å². The highest BCUT2D eigenvalue weighted by Gasteiger charge is 2.31. The first kappa shape index (κ1) is 11.4. The summed E-state index contributed by atoms with van der Waals surface area (Å²) in [5.74, 6) is 1.71. The van der Waals surface area contributed by atoms with Crippen molar-refractivity contribution in [2.45, 2.75) is 46.1 Å². The number of hydrogen-bond donors (Lipinski definition) is 2. The predicted molar refractivity (Wildman–Crippen MR) is 64.9 cm³/mol. The van der Waals surface area contributed by atoms with Gasteiger partial charge in [-0.1, -0.05) is 20.8 Å². The van der Waals surface area contributed by atoms with Crippen molar-refractivity contribution in [2.75, 3.05) is 19.6 Å². The van der Waals surface area contributed by atoms with Gasteiger partial charge in [0.05, 0.1) is 0 Å². The molecule has 0 spiro atoms. The van der Waals surface area contributed by atoms with Crippen molar-refractivity contribution >= 4 is 0 Å². The molecule has 15 heavy (non-hydrogen) atoms. The van der Waals surface area contributed by atoms with Crippen molar-refractivity contribution < 1.29 is 0 Å². The Balaban J connectivity index is 1.70. The molecule has 1 heterocycles. The maximum Gasteiger partial charge on any atom is 0.00724 e. The SMILES string of the molecule is CC1CNCC1CNC1CCC(C)(C)C1. The van der Waals surface area contributed by atoms with Gasteiger partial charge < -0.3 is 10.6 Å². The minimum Gasteiger partial charge on any atom is -0.316 e. The molecular weight excluding hydrogens is 184 g/mol. The molecule has 0 aromatic rings. The molecule has 1 aliphatic heterocycles. The third-order valence-electron chi connectivity index (χ3n) is 4.31. The van der Waals surface area contributed by atoms with E-state index in [0.717, 1.165) is 17.9 Å². The molecule has 2 rings (SSSR count). The minimum atomic E-state index is 0.581. The van der Waals surface area contributed by atoms with Crippen LogP contribution in [0, 0.1) is 17.3 Å². The molecule has 2 N–H and O–H groups in total. The molecule has 2 fully saturated rings. The summed E-state index contributed by atoms with van der Waals surface area (Å²) in [6.07, 6.45) is 4.13. The highest BCUT2D eigenvalue weighted by atomic mass is 15.0. The van der Waals surface area contributed by atoms with Gasteiger partial charge in [0.1, 0.15) is 0 Å². The van der Waals surface area contributed by atoms with Crippen LogP contribution in [0.3, 0.4) is 0 Å². The predicted octanol–water partition coefficient (Wildman–Crippen LogP) is 2.01. The highest BCUT2D eigenvalue weighted by Crippen LogP contribution is 2.37. The summed E-state index contributed by atoms with van der Waals surface area (Å²) in [5.41, 5.74) is 0.581. The van der Waals surface area contributed by atoms with E-state index in [-0.39, 0.29) is 0 Å². The lowest BCUT2D eigenvalue weighted by molar-refractivity contribution is 0.347. The first-order chi connectivity index (χ1) is 7.07. The van der Waals surface area contributed by atoms with Crippen LogP contribution in [0.1, 0.15) is 40.0 Å². The zero-order valence-corrected chi connectivity index (χ0v) is 10.5. The van der Waals surface area contributed by atoms with E-state index < -0.39 is 0 Å². The van der Waals surface area contributed by atoms with Gasteiger partial charge in [0.25, 0.3) is 0 Å². The van der Waals surface area contributed by atoms with Crippen LogP contribution in [0.5, 0.6) is 0 Å². The minimum absolute atomic E-state index is 0.581. The summed E-state index contributed by atoms with van der Waals surface area (Å²) >= 11 is 0. The summed E-state index contributed by atoms with van der Waals surface area (Å²) in [5, 5.41) is 7.24. The molecule has 2 nitrogen and oxygen atoms in total. The fraction of sp³-hybridized carbons (Fsp3) is 1.00. The molecule has 0 radical (unpaired) electrons. The summed E-state index contributed by atoms with van der Waals surface area (Å²) in [6, 6.07) is 0.785. The molecule has 0 bridgehead atoms. The van der Waals surface area contributed by atoms with Gasteiger partial charge in [-0.15, -0.1) is 0 Å². The van der Waals surface area contributed by atoms with E-state index >= 15 is 0 Å². The highest BCUT2D eigenvalue weighted by molar-refractivity contribution is 4.88. The van der Waals surface area contributed by atoms with Crippen molar-refractivity contribution in [1.82, 2.24) is 10.6 Å². The van der Waals surface area contributed by atoms with E-state index in [1.807, 2.05) is 0 Å². The van der Waals surface area contributed by atoms with Crippen LogP contribution < -0.4 is 10.6 Å². The first-order valence-corrected chi connectivity index (χ1v) is 6.51. The van der Waals surface area contributed by atoms with Crippen LogP contribution in [0.2, 0.25) is 0 Å². The molecule has 1 saturated heterocycles. The number of hydrogen-bond acceptors (Lipinski definition) is 2. The Labute approximate surface area is 94.2 Å². The quantitative estimate of drug-likeness (QED) is 0.744. The van der Waals surface area contributed by atoms with Gasteiger partial charge >= 0.3 is 0 Å². The average molecular weight is 210 g/mol. The Morgan fingerprint density at radius 1 is 1.33 bits per heavy atom. The van der Waals surface area contributed by atoms with Crippen molar-refractivity contribution in [3.8, 4) is 0 Å². The topological polar surface area (TPSA) is 24.1 Å². The van der Waals surface area contributed by atoms with Crippen LogP contribution in [0.25, 0.3) is 0 Å². The molecular formula is C13H26N2. The van der Waals surface area contributed by atoms with E-state index in [1.54, 1.807) is 0 Å². The summed E-state index contributed by atoms with van der Waals surface area (Å²) in [6.45, 7) is 10.8. The third kappa shape index (κ3) is 2.94. The van der Waals surface area contributed by atoms with Crippen LogP contribution in [-0.2, 0) is 0 Å². The summed E-state index contributed by atoms with van der Waals surface area (Å²) < 4.78 is 0. The van der Waals surface area contributed by atoms with Crippen LogP contribution in [0.4, 0.5) is 0 Å². The standard InChI is InChI=1S/C13H26N2/c1-10-7-14-8-11(10)9-15-12-4-5-13(2,3)6-12/h10-12,14-15H,4-9H2,1-3H3. The molecule has 3 atom stereocenters. The Hall–Kier alpha value is -0.0800. The third-order valence-corrected chi connectivity index (χ3v) is 4.31. The van der Waals surface area contributed by atoms with E-state index in [4.69, 9.17) is 0 Å². The second-order valence-electron chi connectivity index (χ2n) is 6.41. The zero-order chi connectivity index (χ0) is 10.9. The Morgan fingerprint density at radius 2 is 2.13 bits per heavy atom. The molecule has 88 valence electrons. The van der Waals surface area contributed by atoms with Crippen LogP contribution in [0.15, 0.2) is 0 Å². The molecule has 0 aromatic carbocycles. The summed E-state index contributed by atoms with van der Waals surface area (Å²) in [4.78, 5) is 0. The van der Waals surface area contributed by atoms with Gasteiger partial charge in [-0.05, 0) is 56.1 Å². The average Bonchev–Trinajstić information content (AvgIpc) is 2.69. The largest absolute Gasteiger partial charge is 0.316 e. The van der Waals surface area contributed by atoms with Crippen LogP contribution >= 0.6 is 0 Å². The second kappa shape index (κ2) is 4.42. The second-order valence-corrected chi connectivity index (χ2v) is 6.41. The molecule has 0 aromatic heterocycles. The van der Waals surface area contributed by atoms with Gasteiger partial charge in [0.2, 0.25) is 0 Å². The van der Waals surface area contributed by atoms with E-state index in [0.29, 0.717) is 5.41 Å². The van der Waals surface area contributed by atoms with Crippen molar-refractivity contribution in [3.63, 3.8) is 0 Å². The molecule has 0 amide bonds. The molecule has 2 aliphatic rings. The maximum atomic E-state index is 3.77. The zero-order valence-electron chi connectivity index (χ0n) is 10.5. The first-order valence-electron chi connectivity index (χ1n) is 6.51. The van der Waals surface area contributed by atoms with Crippen molar-refractivity contribution in [2.24, 2.45) is 17.3 Å². The Morgan fingerprint density at radius 3 is 2.67 bits per heavy atom. The van der Waals surface area contributed by atoms with Crippen molar-refractivity contribution in [3.05, 3.63) is 0 Å². The van der Waals surface area contributed by atoms with Gasteiger partial charge in [-0.2, -0.15) is 0 Å². The summed E-state index contributed by atoms with van der Waals surface area (Å²) in [7, 11) is 0. The van der Waals surface area contributed by atoms with Crippen molar-refractivity contribution in [1.29, 1.82) is 0 Å². The van der Waals surface area contributed by atoms with E-state index in [9.17, 15) is 0 Å². The lowest BCUT2D eigenvalue weighted by atomic mass is 9.91. The fourth-order valence-corrected chi connectivity index (χ4v) is 3.07. The molecule has 1 aliphatic carbocycles. The fourth-order valence-electron chi connectivity index (χ4n) is 3.07. The smallest absolute Gasteiger partial charge is 0.00724 e. The number of nitrogens with one attached hydrogen (secondary N) is 2. The monoisotopic (exact) mass is 210 g/mol. The van der Waals surface area contributed by atoms with Gasteiger partial charge in [-0.25, -0.2) is 0 Å². The number of rotatable bonds is 3. The maximum absolute atomic E-state index is 3.77. The van der Waals surface area contributed by atoms with Crippen LogP contribution in [-0.4, -0.2) is 25.7 Å². The molecule has 3 unspecified atom stereocenters. The Kier molecular flexibility index (Phi) is 3.36. The molecule has 2 heteroatoms. The van der Waals surface area contributed by atoms with Gasteiger partial charge in [0.15, 0.2) is 0 Å². The van der Waals surface area contributed by atoms with E-state index in [1.165, 1.54) is 38.9 Å².